The molecular formula is C65H77FN12O7S. The minimum atomic E-state index is -0.642. The number of likely N-dealkylation sites (tertiary alicyclic amines) is 1. The third kappa shape index (κ3) is 10.9. The van der Waals surface area contributed by atoms with Gasteiger partial charge in [-0.15, -0.1) is 11.3 Å². The maximum absolute atomic E-state index is 17.4. The van der Waals surface area contributed by atoms with Crippen molar-refractivity contribution in [1.82, 2.24) is 50.4 Å². The number of carbonyl (C=O) groups excluding carboxylic acids is 3. The van der Waals surface area contributed by atoms with Gasteiger partial charge in [-0.3, -0.25) is 19.5 Å². The van der Waals surface area contributed by atoms with Gasteiger partial charge in [0.05, 0.1) is 33.0 Å². The smallest absolute Gasteiger partial charge is 0.410 e. The van der Waals surface area contributed by atoms with E-state index in [-0.39, 0.29) is 77.1 Å². The molecule has 3 N–H and O–H groups in total. The van der Waals surface area contributed by atoms with E-state index in [0.29, 0.717) is 79.6 Å². The Labute approximate surface area is 504 Å². The summed E-state index contributed by atoms with van der Waals surface area (Å²) in [5, 5.41) is 24.4. The summed E-state index contributed by atoms with van der Waals surface area (Å²) >= 11 is 1.60. The molecule has 3 unspecified atom stereocenters. The summed E-state index contributed by atoms with van der Waals surface area (Å²) in [5.41, 5.74) is 6.33. The third-order valence-electron chi connectivity index (χ3n) is 19.3. The summed E-state index contributed by atoms with van der Waals surface area (Å²) in [4.78, 5) is 72.7. The van der Waals surface area contributed by atoms with Gasteiger partial charge in [0.15, 0.2) is 17.4 Å². The van der Waals surface area contributed by atoms with Gasteiger partial charge in [-0.2, -0.15) is 9.97 Å². The Hall–Kier alpha value is -7.49. The van der Waals surface area contributed by atoms with Gasteiger partial charge in [0, 0.05) is 81.3 Å². The summed E-state index contributed by atoms with van der Waals surface area (Å²) in [5.74, 6) is -0.0174. The van der Waals surface area contributed by atoms with Crippen molar-refractivity contribution in [3.05, 3.63) is 101 Å². The van der Waals surface area contributed by atoms with Crippen LogP contribution < -0.4 is 25.2 Å². The van der Waals surface area contributed by atoms with Crippen LogP contribution >= 0.6 is 11.3 Å². The molecule has 4 aromatic heterocycles. The molecule has 6 aliphatic heterocycles. The molecule has 0 aliphatic carbocycles. The van der Waals surface area contributed by atoms with Gasteiger partial charge in [-0.05, 0) is 131 Å². The van der Waals surface area contributed by atoms with Crippen molar-refractivity contribution >= 4 is 62.6 Å². The molecule has 0 spiro atoms. The van der Waals surface area contributed by atoms with E-state index in [1.165, 1.54) is 0 Å². The summed E-state index contributed by atoms with van der Waals surface area (Å²) in [6.45, 7) is 16.6. The molecule has 0 saturated carbocycles. The van der Waals surface area contributed by atoms with Crippen LogP contribution in [0.1, 0.15) is 121 Å². The first kappa shape index (κ1) is 57.6. The molecule has 6 saturated heterocycles. The number of aromatic nitrogens is 5. The number of fused-ring (bicyclic) bond motifs is 5. The number of hydrogen-bond acceptors (Lipinski definition) is 17. The van der Waals surface area contributed by atoms with Gasteiger partial charge in [-0.1, -0.05) is 68.4 Å². The summed E-state index contributed by atoms with van der Waals surface area (Å²) in [6.07, 6.45) is 8.95. The highest BCUT2D eigenvalue weighted by molar-refractivity contribution is 7.13. The zero-order valence-electron chi connectivity index (χ0n) is 49.9. The van der Waals surface area contributed by atoms with Crippen molar-refractivity contribution in [2.45, 2.75) is 147 Å². The molecule has 3 aromatic carbocycles. The number of benzene rings is 3. The molecular weight excluding hydrogens is 1110 g/mol. The second kappa shape index (κ2) is 23.7. The predicted molar refractivity (Wildman–Crippen MR) is 328 cm³/mol. The highest BCUT2D eigenvalue weighted by Gasteiger charge is 2.51. The Balaban J connectivity index is 0.639. The fourth-order valence-corrected chi connectivity index (χ4v) is 15.6. The normalized spacial score (nSPS) is 23.8. The molecule has 10 heterocycles. The second-order valence-electron chi connectivity index (χ2n) is 25.1. The fourth-order valence-electron chi connectivity index (χ4n) is 14.8. The van der Waals surface area contributed by atoms with E-state index in [4.69, 9.17) is 28.9 Å². The number of ether oxygens (including phenoxy) is 2. The van der Waals surface area contributed by atoms with Crippen LogP contribution in [0, 0.1) is 18.7 Å². The number of nitrogens with zero attached hydrogens (tertiary/aromatic N) is 10. The van der Waals surface area contributed by atoms with Gasteiger partial charge in [0.2, 0.25) is 11.8 Å². The number of piperazine rings is 2. The van der Waals surface area contributed by atoms with E-state index in [1.807, 2.05) is 76.5 Å². The molecule has 13 rings (SSSR count). The number of hydrogen-bond donors (Lipinski definition) is 3. The highest BCUT2D eigenvalue weighted by atomic mass is 32.1. The number of amides is 3. The SMILES string of the molecule is CCc1cccc2cc(O)cc(-c3ncc4c(N5CC6CCC(C5)N6)nc(OCC56CCCN5[C@H](COC(=O)N5CCN(c7cc([C@H](C(=O)N8CCC[C@H]8C(=O)N[C@@H](C)c8ccc(-c9scnc9C)cc8)C(C)C)on7)C[C@@H]5C)CC6)nc4c3F)c12. The molecule has 6 fully saturated rings. The number of aromatic hydroxyl groups is 1. The molecule has 7 aromatic rings. The average molecular weight is 1190 g/mol. The van der Waals surface area contributed by atoms with Crippen molar-refractivity contribution in [1.29, 1.82) is 0 Å². The Morgan fingerprint density at radius 3 is 2.49 bits per heavy atom. The molecule has 19 nitrogen and oxygen atoms in total. The standard InChI is InChI=1S/C65H77FN12O7S/c1-7-41-11-8-12-44-27-48(79)28-49(55(41)44)57-56(66)58-50(30-67-57)60(75-32-45-18-19-46(33-75)70-45)72-63(71-58)84-35-65-21-10-24-78(65)47(20-22-65)34-83-64(82)76-26-25-74(31-38(76)4)53-29-52(85-73-53)54(37(2)3)62(81)77-23-9-13-51(77)61(80)69-39(5)42-14-16-43(17-15-42)59-40(6)68-36-86-59/h8,11-12,14-17,27-30,36-39,45-47,51,54,70,79H,7,9-10,13,18-26,31-35H2,1-6H3,(H,69,80)/t38-,39-,45?,46?,47-,51-,54+,65?/m0/s1. The molecule has 2 bridgehead atoms. The van der Waals surface area contributed by atoms with Crippen LogP contribution in [0.4, 0.5) is 20.8 Å². The number of phenols is 1. The molecule has 452 valence electrons. The van der Waals surface area contributed by atoms with Crippen molar-refractivity contribution in [2.75, 3.05) is 68.8 Å². The minimum Gasteiger partial charge on any atom is -0.508 e. The van der Waals surface area contributed by atoms with Crippen LogP contribution in [0.25, 0.3) is 43.4 Å². The summed E-state index contributed by atoms with van der Waals surface area (Å²) < 4.78 is 36.2. The van der Waals surface area contributed by atoms with Crippen LogP contribution in [0.2, 0.25) is 0 Å². The van der Waals surface area contributed by atoms with Gasteiger partial charge in [0.1, 0.15) is 48.0 Å². The predicted octanol–water partition coefficient (Wildman–Crippen LogP) is 9.94. The number of thiazole rings is 1. The number of aryl methyl sites for hydroxylation is 2. The van der Waals surface area contributed by atoms with Gasteiger partial charge in [-0.25, -0.2) is 14.2 Å². The van der Waals surface area contributed by atoms with Crippen molar-refractivity contribution in [3.8, 4) is 33.5 Å². The van der Waals surface area contributed by atoms with Gasteiger partial charge in [0.25, 0.3) is 0 Å². The molecule has 86 heavy (non-hydrogen) atoms. The van der Waals surface area contributed by atoms with Gasteiger partial charge >= 0.3 is 12.1 Å². The molecule has 6 aliphatic rings. The summed E-state index contributed by atoms with van der Waals surface area (Å²) in [7, 11) is 0. The van der Waals surface area contributed by atoms with E-state index < -0.39 is 17.8 Å². The zero-order valence-corrected chi connectivity index (χ0v) is 50.7. The topological polar surface area (TPSA) is 208 Å². The third-order valence-corrected chi connectivity index (χ3v) is 20.3. The Kier molecular flexibility index (Phi) is 15.8. The maximum Gasteiger partial charge on any atom is 0.410 e. The van der Waals surface area contributed by atoms with Crippen LogP contribution in [0.3, 0.4) is 0 Å². The number of carbonyl (C=O) groups is 3. The molecule has 0 radical (unpaired) electrons. The van der Waals surface area contributed by atoms with Gasteiger partial charge < -0.3 is 49.3 Å². The Morgan fingerprint density at radius 1 is 0.919 bits per heavy atom. The Bertz CT molecular complexity index is 3680. The number of rotatable bonds is 16. The van der Waals surface area contributed by atoms with E-state index in [0.717, 1.165) is 109 Å². The van der Waals surface area contributed by atoms with Crippen molar-refractivity contribution < 1.29 is 37.9 Å². The molecule has 8 atom stereocenters. The Morgan fingerprint density at radius 2 is 1.73 bits per heavy atom. The molecule has 3 amide bonds. The lowest BCUT2D eigenvalue weighted by molar-refractivity contribution is -0.141. The monoisotopic (exact) mass is 1190 g/mol. The van der Waals surface area contributed by atoms with E-state index in [9.17, 15) is 19.5 Å². The fraction of sp³-hybridized carbons (Fsp3) is 0.508. The number of anilines is 2. The number of pyridine rings is 1. The van der Waals surface area contributed by atoms with E-state index in [1.54, 1.807) is 39.5 Å². The lowest BCUT2D eigenvalue weighted by Gasteiger charge is -2.39. The maximum atomic E-state index is 17.4. The lowest BCUT2D eigenvalue weighted by Crippen LogP contribution is -2.55. The van der Waals surface area contributed by atoms with Crippen molar-refractivity contribution in [3.63, 3.8) is 0 Å². The first-order chi connectivity index (χ1) is 41.6. The van der Waals surface area contributed by atoms with Crippen LogP contribution in [-0.4, -0.2) is 158 Å². The zero-order chi connectivity index (χ0) is 59.5. The van der Waals surface area contributed by atoms with Crippen LogP contribution in [0.15, 0.2) is 76.9 Å². The lowest BCUT2D eigenvalue weighted by atomic mass is 9.91. The quantitative estimate of drug-likeness (QED) is 0.0823. The van der Waals surface area contributed by atoms with Crippen LogP contribution in [0.5, 0.6) is 11.8 Å². The minimum absolute atomic E-state index is 0.0104. The second-order valence-corrected chi connectivity index (χ2v) is 26.0. The number of nitrogens with one attached hydrogen (secondary N) is 2. The van der Waals surface area contributed by atoms with Crippen molar-refractivity contribution in [2.24, 2.45) is 5.92 Å². The van der Waals surface area contributed by atoms with E-state index in [2.05, 4.69) is 54.5 Å². The first-order valence-electron chi connectivity index (χ1n) is 30.9. The van der Waals surface area contributed by atoms with Crippen LogP contribution in [-0.2, 0) is 20.7 Å². The average Bonchev–Trinajstić information content (AvgIpc) is 1.19. The number of halogens is 1. The number of phenolic OH excluding ortho intramolecular Hbond substituents is 1. The highest BCUT2D eigenvalue weighted by Crippen LogP contribution is 2.44. The largest absolute Gasteiger partial charge is 0.508 e. The summed E-state index contributed by atoms with van der Waals surface area (Å²) in [6, 6.07) is 18.8. The molecule has 21 heteroatoms. The van der Waals surface area contributed by atoms with E-state index >= 15 is 4.39 Å². The first-order valence-corrected chi connectivity index (χ1v) is 31.8.